The Bertz CT molecular complexity index is 1010. The van der Waals surface area contributed by atoms with Gasteiger partial charge in [0.25, 0.3) is 0 Å². The van der Waals surface area contributed by atoms with Crippen molar-refractivity contribution in [3.8, 4) is 5.75 Å². The number of ether oxygens (including phenoxy) is 1. The van der Waals surface area contributed by atoms with Crippen molar-refractivity contribution in [3.63, 3.8) is 0 Å². The number of hydrogen-bond donors (Lipinski definition) is 1. The van der Waals surface area contributed by atoms with Crippen LogP contribution in [0, 0.1) is 5.92 Å². The Morgan fingerprint density at radius 3 is 2.60 bits per heavy atom. The lowest BCUT2D eigenvalue weighted by atomic mass is 10.1. The Hall–Kier alpha value is -3.06. The van der Waals surface area contributed by atoms with E-state index in [9.17, 15) is 14.4 Å². The average Bonchev–Trinajstić information content (AvgIpc) is 3.34. The number of anilines is 3. The molecule has 0 aromatic heterocycles. The molecule has 7 nitrogen and oxygen atoms in total. The highest BCUT2D eigenvalue weighted by molar-refractivity contribution is 6.34. The summed E-state index contributed by atoms with van der Waals surface area (Å²) in [5, 5.41) is 3.34. The molecule has 156 valence electrons. The Morgan fingerprint density at radius 1 is 1.10 bits per heavy atom. The minimum atomic E-state index is -0.486. The minimum absolute atomic E-state index is 0.0641. The van der Waals surface area contributed by atoms with E-state index in [1.54, 1.807) is 52.3 Å². The maximum Gasteiger partial charge on any atom is 0.229 e. The summed E-state index contributed by atoms with van der Waals surface area (Å²) >= 11 is 6.20. The van der Waals surface area contributed by atoms with E-state index < -0.39 is 5.92 Å². The maximum atomic E-state index is 12.8. The van der Waals surface area contributed by atoms with Crippen molar-refractivity contribution >= 4 is 46.4 Å². The molecule has 2 aromatic rings. The van der Waals surface area contributed by atoms with Crippen LogP contribution in [0.5, 0.6) is 5.75 Å². The van der Waals surface area contributed by atoms with Crippen LogP contribution in [0.25, 0.3) is 0 Å². The number of carbonyl (C=O) groups excluding carboxylic acids is 3. The quantitative estimate of drug-likeness (QED) is 0.792. The number of para-hydroxylation sites is 1. The van der Waals surface area contributed by atoms with Crippen LogP contribution >= 0.6 is 11.6 Å². The Morgan fingerprint density at radius 2 is 1.90 bits per heavy atom. The van der Waals surface area contributed by atoms with E-state index in [4.69, 9.17) is 16.3 Å². The highest BCUT2D eigenvalue weighted by Gasteiger charge is 2.36. The predicted molar refractivity (Wildman–Crippen MR) is 115 cm³/mol. The molecule has 0 unspecified atom stereocenters. The number of carbonyl (C=O) groups is 3. The van der Waals surface area contributed by atoms with E-state index in [0.717, 1.165) is 6.42 Å². The first-order chi connectivity index (χ1) is 14.5. The average molecular weight is 428 g/mol. The van der Waals surface area contributed by atoms with Gasteiger partial charge in [-0.25, -0.2) is 0 Å². The maximum absolute atomic E-state index is 12.8. The molecule has 30 heavy (non-hydrogen) atoms. The summed E-state index contributed by atoms with van der Waals surface area (Å²) in [6, 6.07) is 12.3. The first kappa shape index (κ1) is 20.2. The molecule has 0 radical (unpaired) electrons. The van der Waals surface area contributed by atoms with E-state index >= 15 is 0 Å². The summed E-state index contributed by atoms with van der Waals surface area (Å²) in [5.41, 5.74) is 1.86. The van der Waals surface area contributed by atoms with Gasteiger partial charge in [0.1, 0.15) is 5.75 Å². The zero-order valence-electron chi connectivity index (χ0n) is 16.6. The van der Waals surface area contributed by atoms with Gasteiger partial charge < -0.3 is 19.9 Å². The standard InChI is InChI=1S/C22H22ClN3O4/c1-30-19-12-15(8-9-18(19)25-10-4-7-20(25)27)24-22(29)14-11-21(28)26(13-14)17-6-3-2-5-16(17)23/h2-3,5-6,8-9,12,14H,4,7,10-11,13H2,1H3,(H,24,29)/t14-/m0/s1. The topological polar surface area (TPSA) is 79.0 Å². The lowest BCUT2D eigenvalue weighted by molar-refractivity contribution is -0.122. The molecule has 2 aliphatic rings. The number of rotatable bonds is 5. The number of hydrogen-bond acceptors (Lipinski definition) is 4. The lowest BCUT2D eigenvalue weighted by Gasteiger charge is -2.20. The van der Waals surface area contributed by atoms with Crippen LogP contribution in [0.4, 0.5) is 17.1 Å². The second kappa shape index (κ2) is 8.36. The van der Waals surface area contributed by atoms with Crippen molar-refractivity contribution in [2.75, 3.05) is 35.3 Å². The SMILES string of the molecule is COc1cc(NC(=O)[C@H]2CC(=O)N(c3ccccc3Cl)C2)ccc1N1CCCC1=O. The van der Waals surface area contributed by atoms with Gasteiger partial charge in [-0.1, -0.05) is 23.7 Å². The molecule has 2 saturated heterocycles. The highest BCUT2D eigenvalue weighted by atomic mass is 35.5. The fraction of sp³-hybridized carbons (Fsp3) is 0.318. The molecular weight excluding hydrogens is 406 g/mol. The third-order valence-electron chi connectivity index (χ3n) is 5.45. The first-order valence-electron chi connectivity index (χ1n) is 9.82. The van der Waals surface area contributed by atoms with Crippen molar-refractivity contribution in [1.29, 1.82) is 0 Å². The van der Waals surface area contributed by atoms with Crippen molar-refractivity contribution in [2.24, 2.45) is 5.92 Å². The van der Waals surface area contributed by atoms with Crippen LogP contribution < -0.4 is 19.9 Å². The van der Waals surface area contributed by atoms with Gasteiger partial charge in [-0.05, 0) is 30.7 Å². The molecule has 1 atom stereocenters. The van der Waals surface area contributed by atoms with Gasteiger partial charge in [-0.3, -0.25) is 14.4 Å². The molecule has 2 aliphatic heterocycles. The fourth-order valence-corrected chi connectivity index (χ4v) is 4.15. The van der Waals surface area contributed by atoms with Crippen LogP contribution in [0.3, 0.4) is 0 Å². The summed E-state index contributed by atoms with van der Waals surface area (Å²) in [5.74, 6) is -0.286. The Balaban J connectivity index is 1.47. The smallest absolute Gasteiger partial charge is 0.229 e. The lowest BCUT2D eigenvalue weighted by Crippen LogP contribution is -2.28. The molecule has 0 bridgehead atoms. The van der Waals surface area contributed by atoms with Crippen molar-refractivity contribution in [3.05, 3.63) is 47.5 Å². The molecule has 8 heteroatoms. The van der Waals surface area contributed by atoms with Crippen molar-refractivity contribution < 1.29 is 19.1 Å². The number of nitrogens with zero attached hydrogens (tertiary/aromatic N) is 2. The molecule has 0 aliphatic carbocycles. The summed E-state index contributed by atoms with van der Waals surface area (Å²) in [6.07, 6.45) is 1.46. The molecule has 2 aromatic carbocycles. The third kappa shape index (κ3) is 3.85. The first-order valence-corrected chi connectivity index (χ1v) is 10.2. The summed E-state index contributed by atoms with van der Waals surface area (Å²) in [6.45, 7) is 0.925. The van der Waals surface area contributed by atoms with E-state index in [1.807, 2.05) is 0 Å². The van der Waals surface area contributed by atoms with Gasteiger partial charge in [0, 0.05) is 37.7 Å². The number of methoxy groups -OCH3 is 1. The van der Waals surface area contributed by atoms with E-state index in [1.165, 1.54) is 7.11 Å². The zero-order valence-corrected chi connectivity index (χ0v) is 17.3. The normalized spacial score (nSPS) is 18.8. The monoisotopic (exact) mass is 427 g/mol. The van der Waals surface area contributed by atoms with Crippen LogP contribution in [0.2, 0.25) is 5.02 Å². The van der Waals surface area contributed by atoms with E-state index in [0.29, 0.717) is 40.8 Å². The van der Waals surface area contributed by atoms with Crippen LogP contribution in [-0.4, -0.2) is 37.9 Å². The molecule has 0 spiro atoms. The van der Waals surface area contributed by atoms with Gasteiger partial charge >= 0.3 is 0 Å². The molecule has 4 rings (SSSR count). The van der Waals surface area contributed by atoms with Crippen molar-refractivity contribution in [2.45, 2.75) is 19.3 Å². The number of benzene rings is 2. The molecule has 2 fully saturated rings. The largest absolute Gasteiger partial charge is 0.494 e. The second-order valence-corrected chi connectivity index (χ2v) is 7.79. The van der Waals surface area contributed by atoms with Gasteiger partial charge in [-0.15, -0.1) is 0 Å². The minimum Gasteiger partial charge on any atom is -0.494 e. The number of amides is 3. The molecular formula is C22H22ClN3O4. The Kier molecular flexibility index (Phi) is 5.63. The van der Waals surface area contributed by atoms with Crippen LogP contribution in [-0.2, 0) is 14.4 Å². The van der Waals surface area contributed by atoms with Gasteiger partial charge in [-0.2, -0.15) is 0 Å². The Labute approximate surface area is 179 Å². The third-order valence-corrected chi connectivity index (χ3v) is 5.77. The molecule has 3 amide bonds. The molecule has 2 heterocycles. The van der Waals surface area contributed by atoms with Gasteiger partial charge in [0.2, 0.25) is 17.7 Å². The predicted octanol–water partition coefficient (Wildman–Crippen LogP) is 3.47. The molecule has 0 saturated carbocycles. The van der Waals surface area contributed by atoms with Gasteiger partial charge in [0.05, 0.1) is 29.4 Å². The van der Waals surface area contributed by atoms with E-state index in [-0.39, 0.29) is 30.7 Å². The zero-order chi connectivity index (χ0) is 21.3. The summed E-state index contributed by atoms with van der Waals surface area (Å²) in [7, 11) is 1.53. The van der Waals surface area contributed by atoms with Gasteiger partial charge in [0.15, 0.2) is 0 Å². The van der Waals surface area contributed by atoms with Crippen molar-refractivity contribution in [1.82, 2.24) is 0 Å². The number of halogens is 1. The number of nitrogens with one attached hydrogen (secondary N) is 1. The van der Waals surface area contributed by atoms with Crippen LogP contribution in [0.1, 0.15) is 19.3 Å². The van der Waals surface area contributed by atoms with Crippen LogP contribution in [0.15, 0.2) is 42.5 Å². The highest BCUT2D eigenvalue weighted by Crippen LogP contribution is 2.35. The van der Waals surface area contributed by atoms with E-state index in [2.05, 4.69) is 5.32 Å². The summed E-state index contributed by atoms with van der Waals surface area (Å²) in [4.78, 5) is 40.5. The summed E-state index contributed by atoms with van der Waals surface area (Å²) < 4.78 is 5.44. The second-order valence-electron chi connectivity index (χ2n) is 7.38. The fourth-order valence-electron chi connectivity index (χ4n) is 3.91. The molecule has 1 N–H and O–H groups in total.